The van der Waals surface area contributed by atoms with Crippen molar-refractivity contribution in [3.8, 4) is 0 Å². The van der Waals surface area contributed by atoms with E-state index in [-0.39, 0.29) is 37.1 Å². The number of halogens is 6. The first kappa shape index (κ1) is 29.1. The van der Waals surface area contributed by atoms with E-state index >= 15 is 0 Å². The fourth-order valence-corrected chi connectivity index (χ4v) is 7.21. The van der Waals surface area contributed by atoms with Crippen molar-refractivity contribution in [1.82, 2.24) is 36.2 Å². The van der Waals surface area contributed by atoms with Crippen molar-refractivity contribution >= 4 is 5.96 Å². The molecule has 39 heavy (non-hydrogen) atoms. The highest BCUT2D eigenvalue weighted by Crippen LogP contribution is 2.43. The lowest BCUT2D eigenvalue weighted by Gasteiger charge is -2.45. The molecule has 9 unspecified atom stereocenters. The van der Waals surface area contributed by atoms with Crippen LogP contribution in [0.2, 0.25) is 0 Å². The Bertz CT molecular complexity index is 869. The van der Waals surface area contributed by atoms with Crippen LogP contribution in [0.5, 0.6) is 0 Å². The highest BCUT2D eigenvalue weighted by atomic mass is 19.4. The van der Waals surface area contributed by atoms with Crippen molar-refractivity contribution in [1.29, 1.82) is 5.41 Å². The SMILES string of the molecule is COC1CC(C(F)(F)F)NN1C1CCC(CN2C(=N)N(C)C3CNC(C4CCCCC4C(F)(F)F)NC32)NC1. The van der Waals surface area contributed by atoms with Gasteiger partial charge in [-0.05, 0) is 31.6 Å². The summed E-state index contributed by atoms with van der Waals surface area (Å²) >= 11 is 0. The van der Waals surface area contributed by atoms with Gasteiger partial charge in [-0.2, -0.15) is 26.3 Å². The van der Waals surface area contributed by atoms with Gasteiger partial charge in [-0.1, -0.05) is 12.8 Å². The van der Waals surface area contributed by atoms with Crippen molar-refractivity contribution in [3.05, 3.63) is 0 Å². The third-order valence-corrected chi connectivity index (χ3v) is 9.39. The molecule has 5 fully saturated rings. The molecule has 0 bridgehead atoms. The van der Waals surface area contributed by atoms with E-state index in [0.717, 1.165) is 6.42 Å². The second kappa shape index (κ2) is 11.1. The number of piperidine rings is 1. The zero-order valence-corrected chi connectivity index (χ0v) is 22.3. The Kier molecular flexibility index (Phi) is 8.30. The summed E-state index contributed by atoms with van der Waals surface area (Å²) in [7, 11) is 3.24. The van der Waals surface area contributed by atoms with Crippen LogP contribution in [0.15, 0.2) is 0 Å². The maximum Gasteiger partial charge on any atom is 0.405 e. The van der Waals surface area contributed by atoms with E-state index in [1.54, 1.807) is 5.01 Å². The molecule has 4 saturated heterocycles. The lowest BCUT2D eigenvalue weighted by molar-refractivity contribution is -0.201. The largest absolute Gasteiger partial charge is 0.405 e. The van der Waals surface area contributed by atoms with Crippen LogP contribution in [-0.4, -0.2) is 110 Å². The minimum atomic E-state index is -4.35. The molecule has 9 nitrogen and oxygen atoms in total. The van der Waals surface area contributed by atoms with Crippen LogP contribution in [0.4, 0.5) is 26.3 Å². The van der Waals surface area contributed by atoms with E-state index in [1.165, 1.54) is 7.11 Å². The molecular weight excluding hydrogens is 530 g/mol. The van der Waals surface area contributed by atoms with Gasteiger partial charge in [-0.25, -0.2) is 10.4 Å². The van der Waals surface area contributed by atoms with Crippen molar-refractivity contribution in [2.45, 2.75) is 100 Å². The number of rotatable bonds is 5. The number of fused-ring (bicyclic) bond motifs is 1. The standard InChI is InChI=1S/C24H40F6N8O/c1-36-17-11-33-20(15-5-3-4-6-16(15)23(25,26)27)34-21(17)37(22(36)31)12-13-7-8-14(10-32-13)38-19(39-2)9-18(35-38)24(28,29)30/h13-21,31-35H,3-12H2,1-2H3. The van der Waals surface area contributed by atoms with Gasteiger partial charge in [0.05, 0.1) is 18.1 Å². The van der Waals surface area contributed by atoms with Gasteiger partial charge in [0.1, 0.15) is 18.4 Å². The molecule has 0 spiro atoms. The average Bonchev–Trinajstić information content (AvgIpc) is 3.44. The Balaban J connectivity index is 1.20. The number of methoxy groups -OCH3 is 1. The topological polar surface area (TPSA) is 90.9 Å². The summed E-state index contributed by atoms with van der Waals surface area (Å²) in [5.74, 6) is -1.59. The molecule has 1 saturated carbocycles. The smallest absolute Gasteiger partial charge is 0.365 e. The minimum Gasteiger partial charge on any atom is -0.365 e. The number of hydrogen-bond acceptors (Lipinski definition) is 7. The van der Waals surface area contributed by atoms with Gasteiger partial charge < -0.3 is 19.9 Å². The number of nitrogens with one attached hydrogen (secondary N) is 5. The van der Waals surface area contributed by atoms with Crippen LogP contribution < -0.4 is 21.4 Å². The molecule has 15 heteroatoms. The van der Waals surface area contributed by atoms with E-state index < -0.39 is 42.6 Å². The first-order valence-electron chi connectivity index (χ1n) is 13.9. The molecule has 0 aromatic carbocycles. The lowest BCUT2D eigenvalue weighted by Crippen LogP contribution is -2.68. The second-order valence-electron chi connectivity index (χ2n) is 11.6. The van der Waals surface area contributed by atoms with Gasteiger partial charge in [0, 0.05) is 52.3 Å². The van der Waals surface area contributed by atoms with Crippen molar-refractivity contribution in [3.63, 3.8) is 0 Å². The van der Waals surface area contributed by atoms with Gasteiger partial charge >= 0.3 is 12.4 Å². The Morgan fingerprint density at radius 3 is 2.36 bits per heavy atom. The summed E-state index contributed by atoms with van der Waals surface area (Å²) in [6.45, 7) is 1.43. The summed E-state index contributed by atoms with van der Waals surface area (Å²) in [5, 5.41) is 20.5. The maximum absolute atomic E-state index is 13.8. The predicted octanol–water partition coefficient (Wildman–Crippen LogP) is 1.99. The second-order valence-corrected chi connectivity index (χ2v) is 11.6. The molecular formula is C24H40F6N8O. The van der Waals surface area contributed by atoms with Gasteiger partial charge in [-0.3, -0.25) is 16.0 Å². The van der Waals surface area contributed by atoms with E-state index in [4.69, 9.17) is 10.1 Å². The summed E-state index contributed by atoms with van der Waals surface area (Å²) in [6.07, 6.45) is -6.87. The Hall–Kier alpha value is -1.39. The highest BCUT2D eigenvalue weighted by Gasteiger charge is 2.53. The average molecular weight is 571 g/mol. The molecule has 4 heterocycles. The third kappa shape index (κ3) is 5.85. The summed E-state index contributed by atoms with van der Waals surface area (Å²) in [4.78, 5) is 3.77. The molecule has 1 aliphatic carbocycles. The summed E-state index contributed by atoms with van der Waals surface area (Å²) in [5.41, 5.74) is 2.58. The zero-order valence-electron chi connectivity index (χ0n) is 22.3. The van der Waals surface area contributed by atoms with Gasteiger partial charge in [0.25, 0.3) is 0 Å². The van der Waals surface area contributed by atoms with Crippen molar-refractivity contribution in [2.24, 2.45) is 11.8 Å². The number of likely N-dealkylation sites (N-methyl/N-ethyl adjacent to an activating group) is 1. The monoisotopic (exact) mass is 570 g/mol. The van der Waals surface area contributed by atoms with E-state index in [0.29, 0.717) is 51.3 Å². The van der Waals surface area contributed by atoms with Crippen LogP contribution in [0.3, 0.4) is 0 Å². The Morgan fingerprint density at radius 1 is 0.974 bits per heavy atom. The third-order valence-electron chi connectivity index (χ3n) is 9.39. The van der Waals surface area contributed by atoms with E-state index in [2.05, 4.69) is 21.4 Å². The fraction of sp³-hybridized carbons (Fsp3) is 0.958. The number of hydrazine groups is 1. The molecule has 5 aliphatic rings. The number of ether oxygens (including phenoxy) is 1. The fourth-order valence-electron chi connectivity index (χ4n) is 7.21. The number of nitrogens with zero attached hydrogens (tertiary/aromatic N) is 3. The van der Waals surface area contributed by atoms with E-state index in [1.807, 2.05) is 16.8 Å². The van der Waals surface area contributed by atoms with Gasteiger partial charge in [0.2, 0.25) is 0 Å². The van der Waals surface area contributed by atoms with Crippen LogP contribution in [0, 0.1) is 17.2 Å². The van der Waals surface area contributed by atoms with Gasteiger partial charge in [-0.15, -0.1) is 0 Å². The zero-order chi connectivity index (χ0) is 28.1. The Morgan fingerprint density at radius 2 is 1.72 bits per heavy atom. The van der Waals surface area contributed by atoms with Crippen LogP contribution >= 0.6 is 0 Å². The maximum atomic E-state index is 13.8. The number of alkyl halides is 6. The Labute approximate surface area is 224 Å². The van der Waals surface area contributed by atoms with Crippen molar-refractivity contribution < 1.29 is 31.1 Å². The molecule has 0 amide bonds. The molecule has 224 valence electrons. The number of guanidine groups is 1. The van der Waals surface area contributed by atoms with Crippen LogP contribution in [0.25, 0.3) is 0 Å². The normalized spacial score (nSPS) is 40.8. The lowest BCUT2D eigenvalue weighted by atomic mass is 9.76. The molecule has 0 aromatic heterocycles. The van der Waals surface area contributed by atoms with Crippen molar-refractivity contribution in [2.75, 3.05) is 33.8 Å². The molecule has 0 aromatic rings. The van der Waals surface area contributed by atoms with Crippen LogP contribution in [0.1, 0.15) is 44.9 Å². The minimum absolute atomic E-state index is 0.0106. The summed E-state index contributed by atoms with van der Waals surface area (Å²) in [6, 6.07) is -1.92. The first-order chi connectivity index (χ1) is 18.4. The highest BCUT2D eigenvalue weighted by molar-refractivity contribution is 5.80. The molecule has 5 rings (SSSR count). The molecule has 4 aliphatic heterocycles. The van der Waals surface area contributed by atoms with E-state index in [9.17, 15) is 26.3 Å². The first-order valence-corrected chi connectivity index (χ1v) is 13.9. The van der Waals surface area contributed by atoms with Crippen LogP contribution in [-0.2, 0) is 4.74 Å². The molecule has 9 atom stereocenters. The number of hydrogen-bond donors (Lipinski definition) is 5. The summed E-state index contributed by atoms with van der Waals surface area (Å²) < 4.78 is 86.6. The van der Waals surface area contributed by atoms with Gasteiger partial charge in [0.15, 0.2) is 5.96 Å². The molecule has 5 N–H and O–H groups in total. The quantitative estimate of drug-likeness (QED) is 0.321. The molecule has 0 radical (unpaired) electrons. The predicted molar refractivity (Wildman–Crippen MR) is 131 cm³/mol.